The third-order valence-electron chi connectivity index (χ3n) is 6.29. The normalized spacial score (nSPS) is 17.3. The van der Waals surface area contributed by atoms with Crippen molar-refractivity contribution < 1.29 is 14.4 Å². The molecule has 3 N–H and O–H groups in total. The lowest BCUT2D eigenvalue weighted by atomic mass is 9.85. The predicted octanol–water partition coefficient (Wildman–Crippen LogP) is 5.62. The first kappa shape index (κ1) is 27.2. The Morgan fingerprint density at radius 1 is 1.00 bits per heavy atom. The standard InChI is InChI=1S/C30H33ClN4O3/c1-19-13-14-23-24(20-9-6-5-7-10-20)17-25(33-29(38)32-22-12-8-11-21(31)16-22)28(37)35(26(23)15-19)18-27(36)34-30(2,3)4/h5-16,24-25H,17-18H2,1-4H3,(H,34,36)(H2,32,33,38)/t24-,25-/m1/s1. The molecule has 1 heterocycles. The molecule has 3 aromatic rings. The Balaban J connectivity index is 1.72. The molecule has 0 aliphatic carbocycles. The van der Waals surface area contributed by atoms with Crippen LogP contribution in [0.15, 0.2) is 72.8 Å². The van der Waals surface area contributed by atoms with Crippen LogP contribution in [0.2, 0.25) is 5.02 Å². The lowest BCUT2D eigenvalue weighted by molar-refractivity contribution is -0.125. The van der Waals surface area contributed by atoms with Crippen molar-refractivity contribution in [3.63, 3.8) is 0 Å². The summed E-state index contributed by atoms with van der Waals surface area (Å²) in [6.07, 6.45) is 0.333. The molecular formula is C30H33ClN4O3. The number of halogens is 1. The van der Waals surface area contributed by atoms with E-state index in [0.29, 0.717) is 22.8 Å². The molecule has 0 saturated heterocycles. The molecule has 0 radical (unpaired) electrons. The third kappa shape index (κ3) is 6.72. The first-order chi connectivity index (χ1) is 18.0. The highest BCUT2D eigenvalue weighted by Crippen LogP contribution is 2.39. The first-order valence-electron chi connectivity index (χ1n) is 12.6. The number of anilines is 2. The molecule has 3 aromatic carbocycles. The molecule has 1 aliphatic heterocycles. The van der Waals surface area contributed by atoms with Crippen LogP contribution in [-0.4, -0.2) is 36.0 Å². The summed E-state index contributed by atoms with van der Waals surface area (Å²) in [7, 11) is 0. The molecule has 0 aromatic heterocycles. The van der Waals surface area contributed by atoms with Crippen molar-refractivity contribution in [2.75, 3.05) is 16.8 Å². The first-order valence-corrected chi connectivity index (χ1v) is 13.0. The summed E-state index contributed by atoms with van der Waals surface area (Å²) < 4.78 is 0. The number of urea groups is 1. The number of amides is 4. The van der Waals surface area contributed by atoms with E-state index >= 15 is 0 Å². The number of nitrogens with one attached hydrogen (secondary N) is 3. The van der Waals surface area contributed by atoms with Crippen molar-refractivity contribution in [3.05, 3.63) is 94.5 Å². The average molecular weight is 533 g/mol. The number of carbonyl (C=O) groups excluding carboxylic acids is 3. The summed E-state index contributed by atoms with van der Waals surface area (Å²) in [6.45, 7) is 7.46. The second kappa shape index (κ2) is 11.3. The van der Waals surface area contributed by atoms with E-state index < -0.39 is 17.6 Å². The van der Waals surface area contributed by atoms with Crippen molar-refractivity contribution in [2.45, 2.75) is 51.6 Å². The summed E-state index contributed by atoms with van der Waals surface area (Å²) in [6, 6.07) is 21.2. The van der Waals surface area contributed by atoms with Gasteiger partial charge < -0.3 is 20.9 Å². The molecule has 4 amide bonds. The Bertz CT molecular complexity index is 1340. The second-order valence-electron chi connectivity index (χ2n) is 10.6. The van der Waals surface area contributed by atoms with Gasteiger partial charge in [-0.3, -0.25) is 9.59 Å². The lowest BCUT2D eigenvalue weighted by Crippen LogP contribution is -2.53. The smallest absolute Gasteiger partial charge is 0.319 e. The van der Waals surface area contributed by atoms with E-state index in [9.17, 15) is 14.4 Å². The Morgan fingerprint density at radius 3 is 2.42 bits per heavy atom. The monoisotopic (exact) mass is 532 g/mol. The van der Waals surface area contributed by atoms with Crippen LogP contribution in [0.25, 0.3) is 0 Å². The maximum absolute atomic E-state index is 14.0. The van der Waals surface area contributed by atoms with Gasteiger partial charge in [0, 0.05) is 27.9 Å². The number of rotatable bonds is 5. The third-order valence-corrected chi connectivity index (χ3v) is 6.53. The van der Waals surface area contributed by atoms with Gasteiger partial charge in [-0.15, -0.1) is 0 Å². The fourth-order valence-corrected chi connectivity index (χ4v) is 4.92. The molecule has 4 rings (SSSR count). The van der Waals surface area contributed by atoms with Gasteiger partial charge in [0.15, 0.2) is 0 Å². The van der Waals surface area contributed by atoms with E-state index in [4.69, 9.17) is 11.6 Å². The highest BCUT2D eigenvalue weighted by atomic mass is 35.5. The van der Waals surface area contributed by atoms with Crippen molar-refractivity contribution in [1.29, 1.82) is 0 Å². The number of hydrogen-bond donors (Lipinski definition) is 3. The summed E-state index contributed by atoms with van der Waals surface area (Å²) >= 11 is 6.06. The average Bonchev–Trinajstić information content (AvgIpc) is 2.94. The molecule has 2 atom stereocenters. The highest BCUT2D eigenvalue weighted by molar-refractivity contribution is 6.30. The van der Waals surface area contributed by atoms with Crippen molar-refractivity contribution in [1.82, 2.24) is 10.6 Å². The van der Waals surface area contributed by atoms with E-state index in [0.717, 1.165) is 16.7 Å². The van der Waals surface area contributed by atoms with Crippen molar-refractivity contribution >= 4 is 40.8 Å². The molecule has 7 nitrogen and oxygen atoms in total. The van der Waals surface area contributed by atoms with Crippen LogP contribution in [0, 0.1) is 6.92 Å². The maximum Gasteiger partial charge on any atom is 0.319 e. The summed E-state index contributed by atoms with van der Waals surface area (Å²) in [5.74, 6) is -0.804. The zero-order valence-electron chi connectivity index (χ0n) is 22.0. The van der Waals surface area contributed by atoms with Crippen molar-refractivity contribution in [2.24, 2.45) is 0 Å². The van der Waals surface area contributed by atoms with E-state index in [2.05, 4.69) is 16.0 Å². The van der Waals surface area contributed by atoms with E-state index in [1.807, 2.05) is 76.2 Å². The Hall–Kier alpha value is -3.84. The number of carbonyl (C=O) groups is 3. The van der Waals surface area contributed by atoms with E-state index in [1.54, 1.807) is 24.3 Å². The van der Waals surface area contributed by atoms with Crippen molar-refractivity contribution in [3.8, 4) is 0 Å². The van der Waals surface area contributed by atoms with Crippen LogP contribution < -0.4 is 20.9 Å². The van der Waals surface area contributed by atoms with Crippen LogP contribution in [0.5, 0.6) is 0 Å². The molecule has 0 saturated carbocycles. The van der Waals surface area contributed by atoms with Gasteiger partial charge in [-0.25, -0.2) is 4.79 Å². The lowest BCUT2D eigenvalue weighted by Gasteiger charge is -2.28. The molecule has 1 aliphatic rings. The van der Waals surface area contributed by atoms with Gasteiger partial charge in [0.25, 0.3) is 0 Å². The van der Waals surface area contributed by atoms with Gasteiger partial charge in [0.1, 0.15) is 12.6 Å². The second-order valence-corrected chi connectivity index (χ2v) is 11.1. The summed E-state index contributed by atoms with van der Waals surface area (Å²) in [5, 5.41) is 9.05. The van der Waals surface area contributed by atoms with Crippen LogP contribution in [0.4, 0.5) is 16.2 Å². The van der Waals surface area contributed by atoms with Crippen LogP contribution in [0.3, 0.4) is 0 Å². The maximum atomic E-state index is 14.0. The largest absolute Gasteiger partial charge is 0.350 e. The number of hydrogen-bond acceptors (Lipinski definition) is 3. The molecule has 198 valence electrons. The van der Waals surface area contributed by atoms with Gasteiger partial charge >= 0.3 is 6.03 Å². The predicted molar refractivity (Wildman–Crippen MR) is 152 cm³/mol. The Kier molecular flexibility index (Phi) is 8.07. The molecule has 0 bridgehead atoms. The van der Waals surface area contributed by atoms with Gasteiger partial charge in [-0.05, 0) is 75.1 Å². The van der Waals surface area contributed by atoms with Gasteiger partial charge in [0.2, 0.25) is 11.8 Å². The fraction of sp³-hybridized carbons (Fsp3) is 0.300. The zero-order chi connectivity index (χ0) is 27.4. The minimum Gasteiger partial charge on any atom is -0.350 e. The van der Waals surface area contributed by atoms with Crippen LogP contribution >= 0.6 is 11.6 Å². The van der Waals surface area contributed by atoms with Gasteiger partial charge in [-0.1, -0.05) is 60.1 Å². The highest BCUT2D eigenvalue weighted by Gasteiger charge is 2.37. The summed E-state index contributed by atoms with van der Waals surface area (Å²) in [5.41, 5.74) is 3.65. The zero-order valence-corrected chi connectivity index (χ0v) is 22.8. The Labute approximate surface area is 228 Å². The quantitative estimate of drug-likeness (QED) is 0.398. The SMILES string of the molecule is Cc1ccc2c(c1)N(CC(=O)NC(C)(C)C)C(=O)[C@H](NC(=O)Nc1cccc(Cl)c1)C[C@@H]2c1ccccc1. The number of aryl methyl sites for hydroxylation is 1. The van der Waals surface area contributed by atoms with Gasteiger partial charge in [-0.2, -0.15) is 0 Å². The number of benzene rings is 3. The fourth-order valence-electron chi connectivity index (χ4n) is 4.73. The van der Waals surface area contributed by atoms with Crippen LogP contribution in [-0.2, 0) is 9.59 Å². The molecule has 0 unspecified atom stereocenters. The van der Waals surface area contributed by atoms with E-state index in [1.165, 1.54) is 4.90 Å². The topological polar surface area (TPSA) is 90.5 Å². The summed E-state index contributed by atoms with van der Waals surface area (Å²) in [4.78, 5) is 41.6. The number of nitrogens with zero attached hydrogens (tertiary/aromatic N) is 1. The van der Waals surface area contributed by atoms with Crippen LogP contribution in [0.1, 0.15) is 49.8 Å². The van der Waals surface area contributed by atoms with E-state index in [-0.39, 0.29) is 24.3 Å². The molecule has 8 heteroatoms. The molecular weight excluding hydrogens is 500 g/mol. The number of fused-ring (bicyclic) bond motifs is 1. The minimum absolute atomic E-state index is 0.165. The Morgan fingerprint density at radius 2 is 1.74 bits per heavy atom. The molecule has 0 spiro atoms. The molecule has 0 fully saturated rings. The van der Waals surface area contributed by atoms with Gasteiger partial charge in [0.05, 0.1) is 0 Å². The molecule has 38 heavy (non-hydrogen) atoms. The minimum atomic E-state index is -0.880.